The zero-order valence-electron chi connectivity index (χ0n) is 12.2. The van der Waals surface area contributed by atoms with Gasteiger partial charge >= 0.3 is 5.97 Å². The fraction of sp³-hybridized carbons (Fsp3) is 0.688. The molecule has 0 spiro atoms. The lowest BCUT2D eigenvalue weighted by Gasteiger charge is -2.04. The third-order valence-corrected chi connectivity index (χ3v) is 2.96. The minimum atomic E-state index is -0.0433. The Bertz CT molecular complexity index is 264. The van der Waals surface area contributed by atoms with Crippen LogP contribution in [0.2, 0.25) is 0 Å². The highest BCUT2D eigenvalue weighted by Crippen LogP contribution is 2.09. The monoisotopic (exact) mass is 252 g/mol. The lowest BCUT2D eigenvalue weighted by Crippen LogP contribution is -2.05. The number of hydrogen-bond donors (Lipinski definition) is 0. The Hall–Kier alpha value is -1.05. The van der Waals surface area contributed by atoms with Gasteiger partial charge in [0.05, 0.1) is 6.61 Å². The number of carbonyl (C=O) groups excluding carboxylic acids is 1. The average molecular weight is 252 g/mol. The van der Waals surface area contributed by atoms with E-state index >= 15 is 0 Å². The zero-order valence-corrected chi connectivity index (χ0v) is 12.2. The fourth-order valence-corrected chi connectivity index (χ4v) is 1.62. The van der Waals surface area contributed by atoms with Crippen molar-refractivity contribution in [2.45, 2.75) is 65.7 Å². The van der Waals surface area contributed by atoms with Gasteiger partial charge in [-0.3, -0.25) is 4.79 Å². The fourth-order valence-electron chi connectivity index (χ4n) is 1.62. The van der Waals surface area contributed by atoms with E-state index in [2.05, 4.69) is 26.0 Å². The molecular weight excluding hydrogens is 224 g/mol. The molecule has 0 rings (SSSR count). The average Bonchev–Trinajstić information content (AvgIpc) is 2.37. The first-order valence-electron chi connectivity index (χ1n) is 7.09. The van der Waals surface area contributed by atoms with Crippen molar-refractivity contribution in [3.8, 4) is 0 Å². The third kappa shape index (κ3) is 11.4. The third-order valence-electron chi connectivity index (χ3n) is 2.96. The number of hydrogen-bond acceptors (Lipinski definition) is 2. The van der Waals surface area contributed by atoms with Crippen LogP contribution >= 0.6 is 0 Å². The van der Waals surface area contributed by atoms with Crippen molar-refractivity contribution in [1.29, 1.82) is 0 Å². The maximum atomic E-state index is 11.4. The van der Waals surface area contributed by atoms with E-state index in [-0.39, 0.29) is 5.97 Å². The van der Waals surface area contributed by atoms with Gasteiger partial charge in [0.15, 0.2) is 0 Å². The molecule has 0 atom stereocenters. The van der Waals surface area contributed by atoms with Gasteiger partial charge in [-0.2, -0.15) is 0 Å². The highest BCUT2D eigenvalue weighted by molar-refractivity contribution is 5.69. The van der Waals surface area contributed by atoms with E-state index in [0.29, 0.717) is 13.0 Å². The predicted octanol–water partition coefficient (Wildman–Crippen LogP) is 4.80. The van der Waals surface area contributed by atoms with Gasteiger partial charge in [0.25, 0.3) is 0 Å². The number of allylic oxidation sites excluding steroid dienone is 4. The number of rotatable bonds is 10. The molecule has 0 fully saturated rings. The minimum absolute atomic E-state index is 0.0433. The number of unbranched alkanes of at least 4 members (excludes halogenated alkanes) is 3. The Morgan fingerprint density at radius 1 is 1.06 bits per heavy atom. The second-order valence-electron chi connectivity index (χ2n) is 4.63. The first-order valence-corrected chi connectivity index (χ1v) is 7.09. The maximum absolute atomic E-state index is 11.4. The number of ether oxygens (including phenoxy) is 1. The van der Waals surface area contributed by atoms with E-state index in [0.717, 1.165) is 32.1 Å². The summed E-state index contributed by atoms with van der Waals surface area (Å²) >= 11 is 0. The summed E-state index contributed by atoms with van der Waals surface area (Å²) in [6.07, 6.45) is 13.1. The quantitative estimate of drug-likeness (QED) is 0.317. The molecule has 0 heterocycles. The number of esters is 1. The summed E-state index contributed by atoms with van der Waals surface area (Å²) in [4.78, 5) is 11.4. The van der Waals surface area contributed by atoms with E-state index in [4.69, 9.17) is 4.74 Å². The van der Waals surface area contributed by atoms with Crippen LogP contribution in [-0.4, -0.2) is 12.6 Å². The molecule has 0 saturated carbocycles. The molecule has 0 saturated heterocycles. The van der Waals surface area contributed by atoms with Gasteiger partial charge in [-0.25, -0.2) is 0 Å². The largest absolute Gasteiger partial charge is 0.466 e. The smallest absolute Gasteiger partial charge is 0.305 e. The van der Waals surface area contributed by atoms with Crippen molar-refractivity contribution in [2.24, 2.45) is 0 Å². The van der Waals surface area contributed by atoms with Crippen LogP contribution in [0.3, 0.4) is 0 Å². The molecule has 2 nitrogen and oxygen atoms in total. The van der Waals surface area contributed by atoms with E-state index < -0.39 is 0 Å². The van der Waals surface area contributed by atoms with Crippen molar-refractivity contribution in [3.05, 3.63) is 23.8 Å². The molecule has 0 N–H and O–H groups in total. The van der Waals surface area contributed by atoms with E-state index in [9.17, 15) is 4.79 Å². The maximum Gasteiger partial charge on any atom is 0.305 e. The Morgan fingerprint density at radius 3 is 2.44 bits per heavy atom. The molecule has 0 aliphatic rings. The van der Waals surface area contributed by atoms with Crippen LogP contribution in [0.25, 0.3) is 0 Å². The standard InChI is InChI=1S/C16H28O2/c1-4-6-7-11-14-18-16(17)13-10-8-9-12-15(3)5-2/h4-6H,7-14H2,1-3H3/b6-4-,15-5+. The van der Waals surface area contributed by atoms with Crippen LogP contribution in [0.5, 0.6) is 0 Å². The SMILES string of the molecule is C/C=C\CCCOC(=O)CCCCC/C(C)=C/C. The summed E-state index contributed by atoms with van der Waals surface area (Å²) < 4.78 is 5.15. The van der Waals surface area contributed by atoms with Crippen LogP contribution < -0.4 is 0 Å². The molecule has 104 valence electrons. The van der Waals surface area contributed by atoms with Gasteiger partial charge < -0.3 is 4.74 Å². The minimum Gasteiger partial charge on any atom is -0.466 e. The summed E-state index contributed by atoms with van der Waals surface area (Å²) in [7, 11) is 0. The Labute approximate surface area is 112 Å². The Balaban J connectivity index is 3.32. The van der Waals surface area contributed by atoms with Crippen molar-refractivity contribution < 1.29 is 9.53 Å². The lowest BCUT2D eigenvalue weighted by molar-refractivity contribution is -0.143. The molecule has 0 aromatic rings. The number of carbonyl (C=O) groups is 1. The van der Waals surface area contributed by atoms with Crippen molar-refractivity contribution in [1.82, 2.24) is 0 Å². The highest BCUT2D eigenvalue weighted by Gasteiger charge is 2.01. The molecule has 0 unspecified atom stereocenters. The molecule has 0 radical (unpaired) electrons. The topological polar surface area (TPSA) is 26.3 Å². The van der Waals surface area contributed by atoms with Crippen LogP contribution in [0, 0.1) is 0 Å². The molecule has 0 aromatic carbocycles. The van der Waals surface area contributed by atoms with Crippen molar-refractivity contribution in [3.63, 3.8) is 0 Å². The van der Waals surface area contributed by atoms with Crippen LogP contribution in [0.15, 0.2) is 23.8 Å². The van der Waals surface area contributed by atoms with Gasteiger partial charge in [-0.1, -0.05) is 30.2 Å². The molecule has 0 amide bonds. The van der Waals surface area contributed by atoms with E-state index in [1.54, 1.807) is 0 Å². The summed E-state index contributed by atoms with van der Waals surface area (Å²) in [5.41, 5.74) is 1.43. The molecule has 0 aliphatic carbocycles. The summed E-state index contributed by atoms with van der Waals surface area (Å²) in [5, 5.41) is 0. The first kappa shape index (κ1) is 16.9. The Morgan fingerprint density at radius 2 is 1.78 bits per heavy atom. The van der Waals surface area contributed by atoms with Gasteiger partial charge in [0.1, 0.15) is 0 Å². The predicted molar refractivity (Wildman–Crippen MR) is 77.5 cm³/mol. The summed E-state index contributed by atoms with van der Waals surface area (Å²) in [5.74, 6) is -0.0433. The van der Waals surface area contributed by atoms with Gasteiger partial charge in [-0.05, 0) is 52.9 Å². The lowest BCUT2D eigenvalue weighted by atomic mass is 10.1. The van der Waals surface area contributed by atoms with Crippen molar-refractivity contribution in [2.75, 3.05) is 6.61 Å². The molecular formula is C16H28O2. The zero-order chi connectivity index (χ0) is 13.6. The molecule has 2 heteroatoms. The molecule has 0 aliphatic heterocycles. The first-order chi connectivity index (χ1) is 8.70. The molecule has 0 bridgehead atoms. The van der Waals surface area contributed by atoms with E-state index in [1.807, 2.05) is 13.0 Å². The highest BCUT2D eigenvalue weighted by atomic mass is 16.5. The summed E-state index contributed by atoms with van der Waals surface area (Å²) in [6, 6.07) is 0. The Kier molecular flexibility index (Phi) is 11.7. The molecule has 0 aromatic heterocycles. The second kappa shape index (κ2) is 12.4. The van der Waals surface area contributed by atoms with E-state index in [1.165, 1.54) is 12.0 Å². The normalized spacial score (nSPS) is 12.1. The van der Waals surface area contributed by atoms with Gasteiger partial charge in [0.2, 0.25) is 0 Å². The second-order valence-corrected chi connectivity index (χ2v) is 4.63. The van der Waals surface area contributed by atoms with Crippen molar-refractivity contribution >= 4 is 5.97 Å². The van der Waals surface area contributed by atoms with Gasteiger partial charge in [0, 0.05) is 6.42 Å². The van der Waals surface area contributed by atoms with Crippen LogP contribution in [-0.2, 0) is 9.53 Å². The van der Waals surface area contributed by atoms with Crippen LogP contribution in [0.4, 0.5) is 0 Å². The van der Waals surface area contributed by atoms with Crippen LogP contribution in [0.1, 0.15) is 65.7 Å². The summed E-state index contributed by atoms with van der Waals surface area (Å²) in [6.45, 7) is 6.78. The van der Waals surface area contributed by atoms with Gasteiger partial charge in [-0.15, -0.1) is 0 Å². The molecule has 18 heavy (non-hydrogen) atoms.